The van der Waals surface area contributed by atoms with E-state index in [2.05, 4.69) is 11.1 Å². The lowest BCUT2D eigenvalue weighted by atomic mass is 10.4. The first-order valence-corrected chi connectivity index (χ1v) is 3.90. The summed E-state index contributed by atoms with van der Waals surface area (Å²) in [7, 11) is 1.32. The van der Waals surface area contributed by atoms with Crippen molar-refractivity contribution in [2.75, 3.05) is 5.73 Å². The number of nitrogens with zero attached hydrogens (tertiary/aromatic N) is 3. The van der Waals surface area contributed by atoms with Crippen molar-refractivity contribution in [2.24, 2.45) is 12.2 Å². The molecule has 1 heterocycles. The summed E-state index contributed by atoms with van der Waals surface area (Å²) in [6.07, 6.45) is 4.98. The monoisotopic (exact) mass is 208 g/mol. The van der Waals surface area contributed by atoms with Crippen LogP contribution in [-0.2, 0) is 13.6 Å². The van der Waals surface area contributed by atoms with Gasteiger partial charge in [0.05, 0.1) is 6.54 Å². The molecule has 1 rings (SSSR count). The molecule has 0 amide bonds. The highest BCUT2D eigenvalue weighted by Gasteiger charge is 2.14. The number of nitrogen functional groups attached to an aromatic ring is 1. The van der Waals surface area contributed by atoms with Crippen molar-refractivity contribution in [3.05, 3.63) is 25.7 Å². The highest BCUT2D eigenvalue weighted by molar-refractivity contribution is 5.55. The second-order valence-electron chi connectivity index (χ2n) is 2.76. The zero-order chi connectivity index (χ0) is 11.6. The molecule has 15 heavy (non-hydrogen) atoms. The van der Waals surface area contributed by atoms with Crippen LogP contribution in [0.3, 0.4) is 0 Å². The Labute approximate surface area is 84.1 Å². The van der Waals surface area contributed by atoms with Crippen molar-refractivity contribution < 1.29 is 0 Å². The van der Waals surface area contributed by atoms with Crippen LogP contribution in [0.5, 0.6) is 0 Å². The van der Waals surface area contributed by atoms with Crippen molar-refractivity contribution >= 4 is 11.5 Å². The molecule has 78 valence electrons. The highest BCUT2D eigenvalue weighted by Crippen LogP contribution is 2.11. The maximum atomic E-state index is 11.5. The third-order valence-electron chi connectivity index (χ3n) is 1.91. The number of aromatic nitrogens is 2. The molecule has 0 radical (unpaired) electrons. The standard InChI is InChI=1S/C8H8N4O3/c1-3-4-12-7(13)5(10-15)6(9)11(2)8(12)14/h1H,4,9H2,2H3. The van der Waals surface area contributed by atoms with Crippen LogP contribution in [0.15, 0.2) is 14.8 Å². The first kappa shape index (κ1) is 10.7. The van der Waals surface area contributed by atoms with E-state index in [-0.39, 0.29) is 12.4 Å². The second-order valence-corrected chi connectivity index (χ2v) is 2.76. The molecule has 0 aromatic carbocycles. The number of terminal acetylenes is 1. The maximum Gasteiger partial charge on any atom is 0.333 e. The van der Waals surface area contributed by atoms with Gasteiger partial charge in [-0.15, -0.1) is 11.3 Å². The fourth-order valence-corrected chi connectivity index (χ4v) is 1.08. The van der Waals surface area contributed by atoms with E-state index in [0.717, 1.165) is 4.57 Å². The van der Waals surface area contributed by atoms with Crippen molar-refractivity contribution in [1.82, 2.24) is 9.13 Å². The Hall–Kier alpha value is -2.36. The molecule has 7 nitrogen and oxygen atoms in total. The van der Waals surface area contributed by atoms with Gasteiger partial charge in [-0.1, -0.05) is 5.92 Å². The summed E-state index contributed by atoms with van der Waals surface area (Å²) >= 11 is 0. The smallest absolute Gasteiger partial charge is 0.333 e. The normalized spacial score (nSPS) is 9.60. The Balaban J connectivity index is 3.78. The first-order valence-electron chi connectivity index (χ1n) is 3.90. The molecule has 0 bridgehead atoms. The molecule has 0 spiro atoms. The zero-order valence-corrected chi connectivity index (χ0v) is 7.93. The fraction of sp³-hybridized carbons (Fsp3) is 0.250. The minimum Gasteiger partial charge on any atom is -0.383 e. The molecule has 7 heteroatoms. The van der Waals surface area contributed by atoms with Crippen molar-refractivity contribution in [3.8, 4) is 12.3 Å². The molecule has 0 aliphatic carbocycles. The van der Waals surface area contributed by atoms with Crippen LogP contribution in [-0.4, -0.2) is 9.13 Å². The highest BCUT2D eigenvalue weighted by atomic mass is 16.3. The van der Waals surface area contributed by atoms with E-state index in [1.165, 1.54) is 7.05 Å². The van der Waals surface area contributed by atoms with Gasteiger partial charge in [-0.05, 0) is 5.18 Å². The molecule has 0 aliphatic rings. The lowest BCUT2D eigenvalue weighted by Crippen LogP contribution is -2.39. The van der Waals surface area contributed by atoms with Crippen molar-refractivity contribution in [1.29, 1.82) is 0 Å². The Morgan fingerprint density at radius 3 is 2.60 bits per heavy atom. The maximum absolute atomic E-state index is 11.5. The fourth-order valence-electron chi connectivity index (χ4n) is 1.08. The van der Waals surface area contributed by atoms with E-state index in [0.29, 0.717) is 4.57 Å². The predicted molar refractivity (Wildman–Crippen MR) is 54.6 cm³/mol. The largest absolute Gasteiger partial charge is 0.383 e. The zero-order valence-electron chi connectivity index (χ0n) is 7.93. The molecule has 0 unspecified atom stereocenters. The summed E-state index contributed by atoms with van der Waals surface area (Å²) in [6, 6.07) is 0. The molecule has 0 fully saturated rings. The van der Waals surface area contributed by atoms with Gasteiger partial charge >= 0.3 is 5.69 Å². The number of nitroso groups, excluding NO2 is 1. The number of hydrogen-bond donors (Lipinski definition) is 1. The Bertz CT molecular complexity index is 561. The molecular weight excluding hydrogens is 200 g/mol. The molecular formula is C8H8N4O3. The van der Waals surface area contributed by atoms with E-state index in [9.17, 15) is 14.5 Å². The van der Waals surface area contributed by atoms with Gasteiger partial charge < -0.3 is 5.73 Å². The predicted octanol–water partition coefficient (Wildman–Crippen LogP) is -0.840. The molecule has 0 atom stereocenters. The summed E-state index contributed by atoms with van der Waals surface area (Å²) in [5, 5.41) is 2.48. The van der Waals surface area contributed by atoms with Gasteiger partial charge in [0.1, 0.15) is 5.82 Å². The summed E-state index contributed by atoms with van der Waals surface area (Å²) in [6.45, 7) is -0.228. The lowest BCUT2D eigenvalue weighted by Gasteiger charge is -2.07. The average Bonchev–Trinajstić information content (AvgIpc) is 2.22. The van der Waals surface area contributed by atoms with Crippen LogP contribution < -0.4 is 17.0 Å². The van der Waals surface area contributed by atoms with Crippen LogP contribution in [0.25, 0.3) is 0 Å². The number of anilines is 1. The van der Waals surface area contributed by atoms with Gasteiger partial charge in [0.25, 0.3) is 5.56 Å². The van der Waals surface area contributed by atoms with E-state index < -0.39 is 16.9 Å². The van der Waals surface area contributed by atoms with Gasteiger partial charge in [0.15, 0.2) is 0 Å². The summed E-state index contributed by atoms with van der Waals surface area (Å²) in [4.78, 5) is 33.3. The van der Waals surface area contributed by atoms with Crippen LogP contribution in [0, 0.1) is 17.3 Å². The van der Waals surface area contributed by atoms with Gasteiger partial charge in [-0.2, -0.15) is 0 Å². The number of hydrogen-bond acceptors (Lipinski definition) is 5. The van der Waals surface area contributed by atoms with E-state index in [1.54, 1.807) is 0 Å². The lowest BCUT2D eigenvalue weighted by molar-refractivity contribution is 0.665. The molecule has 0 aliphatic heterocycles. The van der Waals surface area contributed by atoms with Crippen molar-refractivity contribution in [2.45, 2.75) is 6.54 Å². The van der Waals surface area contributed by atoms with Crippen molar-refractivity contribution in [3.63, 3.8) is 0 Å². The first-order chi connectivity index (χ1) is 7.04. The van der Waals surface area contributed by atoms with Crippen LogP contribution in [0.2, 0.25) is 0 Å². The van der Waals surface area contributed by atoms with E-state index in [4.69, 9.17) is 12.2 Å². The summed E-state index contributed by atoms with van der Waals surface area (Å²) in [5.41, 5.74) is 3.31. The molecule has 2 N–H and O–H groups in total. The topological polar surface area (TPSA) is 99.4 Å². The van der Waals surface area contributed by atoms with Gasteiger partial charge in [0, 0.05) is 7.05 Å². The Morgan fingerprint density at radius 1 is 1.53 bits per heavy atom. The Kier molecular flexibility index (Phi) is 2.71. The minimum atomic E-state index is -0.872. The van der Waals surface area contributed by atoms with Crippen LogP contribution in [0.1, 0.15) is 0 Å². The number of rotatable bonds is 2. The quantitative estimate of drug-likeness (QED) is 0.506. The third kappa shape index (κ3) is 1.52. The minimum absolute atomic E-state index is 0.228. The SMILES string of the molecule is C#CCn1c(=O)c(N=O)c(N)n(C)c1=O. The molecule has 0 saturated heterocycles. The van der Waals surface area contributed by atoms with Crippen LogP contribution in [0.4, 0.5) is 11.5 Å². The van der Waals surface area contributed by atoms with Gasteiger partial charge in [-0.3, -0.25) is 9.36 Å². The molecule has 1 aromatic heterocycles. The summed E-state index contributed by atoms with van der Waals surface area (Å²) < 4.78 is 1.66. The van der Waals surface area contributed by atoms with E-state index in [1.807, 2.05) is 0 Å². The Morgan fingerprint density at radius 2 is 2.13 bits per heavy atom. The third-order valence-corrected chi connectivity index (χ3v) is 1.91. The number of nitrogens with two attached hydrogens (primary N) is 1. The second kappa shape index (κ2) is 3.79. The van der Waals surface area contributed by atoms with Gasteiger partial charge in [0.2, 0.25) is 5.69 Å². The van der Waals surface area contributed by atoms with Gasteiger partial charge in [-0.25, -0.2) is 9.36 Å². The summed E-state index contributed by atoms with van der Waals surface area (Å²) in [5.74, 6) is 1.86. The molecule has 1 aromatic rings. The molecule has 0 saturated carbocycles. The average molecular weight is 208 g/mol. The van der Waals surface area contributed by atoms with Crippen LogP contribution >= 0.6 is 0 Å². The van der Waals surface area contributed by atoms with E-state index >= 15 is 0 Å².